The summed E-state index contributed by atoms with van der Waals surface area (Å²) in [5, 5.41) is 3.08. The summed E-state index contributed by atoms with van der Waals surface area (Å²) in [6.45, 7) is 5.52. The Bertz CT molecular complexity index is 390. The maximum Gasteiger partial charge on any atom is 0.148 e. The average Bonchev–Trinajstić information content (AvgIpc) is 3.10. The molecule has 1 heterocycles. The van der Waals surface area contributed by atoms with E-state index in [1.54, 1.807) is 6.33 Å². The summed E-state index contributed by atoms with van der Waals surface area (Å²) in [5.74, 6) is 2.50. The summed E-state index contributed by atoms with van der Waals surface area (Å²) < 4.78 is 0.968. The molecular formula is C12H19BrN4. The zero-order valence-corrected chi connectivity index (χ0v) is 12.2. The third-order valence-electron chi connectivity index (χ3n) is 2.83. The minimum atomic E-state index is 0.635. The molecule has 5 heteroatoms. The lowest BCUT2D eigenvalue weighted by atomic mass is 10.2. The van der Waals surface area contributed by atoms with Crippen LogP contribution in [0.2, 0.25) is 0 Å². The molecule has 0 saturated heterocycles. The van der Waals surface area contributed by atoms with Crippen LogP contribution < -0.4 is 10.2 Å². The van der Waals surface area contributed by atoms with Gasteiger partial charge in [0.25, 0.3) is 0 Å². The van der Waals surface area contributed by atoms with E-state index in [4.69, 9.17) is 0 Å². The van der Waals surface area contributed by atoms with Crippen LogP contribution in [0.3, 0.4) is 0 Å². The molecule has 0 bridgehead atoms. The fraction of sp³-hybridized carbons (Fsp3) is 0.667. The Labute approximate surface area is 111 Å². The van der Waals surface area contributed by atoms with Crippen LogP contribution in [-0.4, -0.2) is 29.6 Å². The fourth-order valence-corrected chi connectivity index (χ4v) is 2.55. The van der Waals surface area contributed by atoms with Crippen LogP contribution in [0, 0.1) is 5.92 Å². The molecule has 4 nitrogen and oxygen atoms in total. The van der Waals surface area contributed by atoms with E-state index >= 15 is 0 Å². The predicted octanol–water partition coefficient (Wildman–Crippen LogP) is 2.91. The van der Waals surface area contributed by atoms with E-state index in [-0.39, 0.29) is 0 Å². The summed E-state index contributed by atoms with van der Waals surface area (Å²) in [5.41, 5.74) is 0. The Morgan fingerprint density at radius 2 is 2.18 bits per heavy atom. The maximum absolute atomic E-state index is 4.43. The largest absolute Gasteiger partial charge is 0.372 e. The highest BCUT2D eigenvalue weighted by Gasteiger charge is 2.31. The highest BCUT2D eigenvalue weighted by molar-refractivity contribution is 9.10. The molecule has 0 spiro atoms. The molecule has 1 N–H and O–H groups in total. The first-order chi connectivity index (χ1) is 8.13. The normalized spacial score (nSPS) is 15.1. The molecule has 94 valence electrons. The van der Waals surface area contributed by atoms with Gasteiger partial charge >= 0.3 is 0 Å². The Morgan fingerprint density at radius 3 is 2.71 bits per heavy atom. The second-order valence-corrected chi connectivity index (χ2v) is 5.68. The van der Waals surface area contributed by atoms with Gasteiger partial charge in [-0.3, -0.25) is 0 Å². The van der Waals surface area contributed by atoms with E-state index in [9.17, 15) is 0 Å². The number of hydrogen-bond acceptors (Lipinski definition) is 4. The van der Waals surface area contributed by atoms with E-state index in [1.807, 2.05) is 7.05 Å². The molecule has 0 radical (unpaired) electrons. The molecule has 1 fully saturated rings. The number of nitrogens with zero attached hydrogens (tertiary/aromatic N) is 3. The highest BCUT2D eigenvalue weighted by atomic mass is 79.9. The zero-order valence-electron chi connectivity index (χ0n) is 10.6. The topological polar surface area (TPSA) is 41.1 Å². The Hall–Kier alpha value is -0.840. The number of halogens is 1. The quantitative estimate of drug-likeness (QED) is 0.907. The minimum Gasteiger partial charge on any atom is -0.372 e. The second kappa shape index (κ2) is 5.21. The molecule has 17 heavy (non-hydrogen) atoms. The molecule has 0 unspecified atom stereocenters. The zero-order chi connectivity index (χ0) is 12.4. The van der Waals surface area contributed by atoms with E-state index in [0.29, 0.717) is 12.0 Å². The van der Waals surface area contributed by atoms with Crippen molar-refractivity contribution in [1.82, 2.24) is 9.97 Å². The van der Waals surface area contributed by atoms with Crippen LogP contribution >= 0.6 is 15.9 Å². The molecule has 1 aromatic rings. The van der Waals surface area contributed by atoms with Crippen LogP contribution in [0.15, 0.2) is 10.8 Å². The molecule has 1 aromatic heterocycles. The van der Waals surface area contributed by atoms with Crippen LogP contribution in [-0.2, 0) is 0 Å². The SMILES string of the molecule is CNc1ncnc(N(CC(C)C)C2CC2)c1Br. The van der Waals surface area contributed by atoms with Crippen LogP contribution in [0.5, 0.6) is 0 Å². The molecule has 1 saturated carbocycles. The molecule has 2 rings (SSSR count). The van der Waals surface area contributed by atoms with Crippen LogP contribution in [0.25, 0.3) is 0 Å². The minimum absolute atomic E-state index is 0.635. The van der Waals surface area contributed by atoms with Gasteiger partial charge in [-0.2, -0.15) is 0 Å². The van der Waals surface area contributed by atoms with Crippen molar-refractivity contribution in [3.05, 3.63) is 10.8 Å². The Balaban J connectivity index is 2.28. The lowest BCUT2D eigenvalue weighted by Crippen LogP contribution is -2.31. The first-order valence-electron chi connectivity index (χ1n) is 6.08. The van der Waals surface area contributed by atoms with Crippen molar-refractivity contribution >= 4 is 27.6 Å². The summed E-state index contributed by atoms with van der Waals surface area (Å²) in [6, 6.07) is 0.660. The molecule has 0 aliphatic heterocycles. The van der Waals surface area contributed by atoms with Gasteiger partial charge in [0.2, 0.25) is 0 Å². The number of nitrogens with one attached hydrogen (secondary N) is 1. The maximum atomic E-state index is 4.43. The predicted molar refractivity (Wildman–Crippen MR) is 74.5 cm³/mol. The van der Waals surface area contributed by atoms with Crippen molar-refractivity contribution in [2.24, 2.45) is 5.92 Å². The number of rotatable bonds is 5. The van der Waals surface area contributed by atoms with Crippen molar-refractivity contribution in [2.45, 2.75) is 32.7 Å². The van der Waals surface area contributed by atoms with Gasteiger partial charge in [-0.15, -0.1) is 0 Å². The molecule has 0 aromatic carbocycles. The first kappa shape index (κ1) is 12.6. The standard InChI is InChI=1S/C12H19BrN4/c1-8(2)6-17(9-4-5-9)12-10(13)11(14-3)15-7-16-12/h7-9H,4-6H2,1-3H3,(H,14,15,16). The number of anilines is 2. The van der Waals surface area contributed by atoms with Crippen molar-refractivity contribution in [2.75, 3.05) is 23.8 Å². The third kappa shape index (κ3) is 2.89. The van der Waals surface area contributed by atoms with E-state index in [2.05, 4.69) is 50.0 Å². The Kier molecular flexibility index (Phi) is 3.86. The van der Waals surface area contributed by atoms with Crippen molar-refractivity contribution in [3.63, 3.8) is 0 Å². The van der Waals surface area contributed by atoms with Gasteiger partial charge in [0.1, 0.15) is 22.4 Å². The van der Waals surface area contributed by atoms with E-state index in [0.717, 1.165) is 22.7 Å². The fourth-order valence-electron chi connectivity index (χ4n) is 1.92. The van der Waals surface area contributed by atoms with Gasteiger partial charge in [0.15, 0.2) is 0 Å². The number of aromatic nitrogens is 2. The van der Waals surface area contributed by atoms with Gasteiger partial charge in [0, 0.05) is 19.6 Å². The van der Waals surface area contributed by atoms with Gasteiger partial charge in [-0.1, -0.05) is 13.8 Å². The smallest absolute Gasteiger partial charge is 0.148 e. The van der Waals surface area contributed by atoms with Crippen molar-refractivity contribution in [3.8, 4) is 0 Å². The molecule has 0 atom stereocenters. The number of hydrogen-bond donors (Lipinski definition) is 1. The van der Waals surface area contributed by atoms with Gasteiger partial charge in [-0.05, 0) is 34.7 Å². The van der Waals surface area contributed by atoms with Crippen LogP contribution in [0.1, 0.15) is 26.7 Å². The van der Waals surface area contributed by atoms with E-state index < -0.39 is 0 Å². The summed E-state index contributed by atoms with van der Waals surface area (Å²) in [7, 11) is 1.88. The molecule has 1 aliphatic carbocycles. The lowest BCUT2D eigenvalue weighted by molar-refractivity contribution is 0.601. The summed E-state index contributed by atoms with van der Waals surface area (Å²) >= 11 is 3.60. The average molecular weight is 299 g/mol. The van der Waals surface area contributed by atoms with Gasteiger partial charge in [0.05, 0.1) is 0 Å². The molecule has 1 aliphatic rings. The second-order valence-electron chi connectivity index (χ2n) is 4.89. The van der Waals surface area contributed by atoms with Crippen LogP contribution in [0.4, 0.5) is 11.6 Å². The van der Waals surface area contributed by atoms with Gasteiger partial charge < -0.3 is 10.2 Å². The van der Waals surface area contributed by atoms with E-state index in [1.165, 1.54) is 12.8 Å². The lowest BCUT2D eigenvalue weighted by Gasteiger charge is -2.26. The van der Waals surface area contributed by atoms with Crippen molar-refractivity contribution < 1.29 is 0 Å². The third-order valence-corrected chi connectivity index (χ3v) is 3.56. The molecule has 0 amide bonds. The van der Waals surface area contributed by atoms with Crippen molar-refractivity contribution in [1.29, 1.82) is 0 Å². The first-order valence-corrected chi connectivity index (χ1v) is 6.87. The molecular weight excluding hydrogens is 280 g/mol. The van der Waals surface area contributed by atoms with Gasteiger partial charge in [-0.25, -0.2) is 9.97 Å². The highest BCUT2D eigenvalue weighted by Crippen LogP contribution is 2.36. The monoisotopic (exact) mass is 298 g/mol. The Morgan fingerprint density at radius 1 is 1.47 bits per heavy atom. The summed E-state index contributed by atoms with van der Waals surface area (Å²) in [4.78, 5) is 11.0. The summed E-state index contributed by atoms with van der Waals surface area (Å²) in [6.07, 6.45) is 4.18.